The maximum atomic E-state index is 12.7. The van der Waals surface area contributed by atoms with Crippen molar-refractivity contribution in [1.82, 2.24) is 15.1 Å². The van der Waals surface area contributed by atoms with Gasteiger partial charge in [-0.25, -0.2) is 4.39 Å². The van der Waals surface area contributed by atoms with Gasteiger partial charge in [0.1, 0.15) is 11.5 Å². The first-order valence-corrected chi connectivity index (χ1v) is 6.16. The van der Waals surface area contributed by atoms with Crippen LogP contribution in [0.4, 0.5) is 4.39 Å². The van der Waals surface area contributed by atoms with Crippen molar-refractivity contribution in [3.05, 3.63) is 52.6 Å². The summed E-state index contributed by atoms with van der Waals surface area (Å²) in [6, 6.07) is 6.18. The Balaban J connectivity index is 1.89. The fourth-order valence-electron chi connectivity index (χ4n) is 1.72. The van der Waals surface area contributed by atoms with Gasteiger partial charge >= 0.3 is 0 Å². The molecule has 0 bridgehead atoms. The highest BCUT2D eigenvalue weighted by Crippen LogP contribution is 2.13. The van der Waals surface area contributed by atoms with E-state index in [2.05, 4.69) is 10.4 Å². The summed E-state index contributed by atoms with van der Waals surface area (Å²) >= 11 is 5.87. The number of hydrogen-bond donors (Lipinski definition) is 1. The summed E-state index contributed by atoms with van der Waals surface area (Å²) in [5, 5.41) is 6.97. The van der Waals surface area contributed by atoms with Gasteiger partial charge in [0.15, 0.2) is 0 Å². The number of halogens is 2. The van der Waals surface area contributed by atoms with Crippen molar-refractivity contribution in [1.29, 1.82) is 0 Å². The molecular formula is C13H13ClFN3O. The summed E-state index contributed by atoms with van der Waals surface area (Å²) in [6.45, 7) is 0.450. The van der Waals surface area contributed by atoms with Crippen molar-refractivity contribution in [2.75, 3.05) is 6.54 Å². The predicted molar refractivity (Wildman–Crippen MR) is 70.7 cm³/mol. The van der Waals surface area contributed by atoms with Crippen LogP contribution in [-0.4, -0.2) is 22.2 Å². The third kappa shape index (κ3) is 3.32. The Morgan fingerprint density at radius 2 is 2.11 bits per heavy atom. The Bertz CT molecular complexity index is 561. The van der Waals surface area contributed by atoms with E-state index >= 15 is 0 Å². The van der Waals surface area contributed by atoms with Gasteiger partial charge in [0.2, 0.25) is 0 Å². The highest BCUT2D eigenvalue weighted by Gasteiger charge is 2.14. The van der Waals surface area contributed by atoms with Gasteiger partial charge in [-0.1, -0.05) is 23.7 Å². The van der Waals surface area contributed by atoms with Crippen molar-refractivity contribution >= 4 is 17.5 Å². The van der Waals surface area contributed by atoms with Gasteiger partial charge < -0.3 is 5.32 Å². The molecule has 0 unspecified atom stereocenters. The molecule has 0 fully saturated rings. The summed E-state index contributed by atoms with van der Waals surface area (Å²) in [4.78, 5) is 11.9. The van der Waals surface area contributed by atoms with Crippen LogP contribution < -0.4 is 5.32 Å². The minimum Gasteiger partial charge on any atom is -0.350 e. The summed E-state index contributed by atoms with van der Waals surface area (Å²) in [5.41, 5.74) is 1.29. The molecule has 2 aromatic rings. The van der Waals surface area contributed by atoms with Crippen molar-refractivity contribution in [2.45, 2.75) is 6.42 Å². The first kappa shape index (κ1) is 13.5. The third-order valence-electron chi connectivity index (χ3n) is 2.72. The van der Waals surface area contributed by atoms with Crippen LogP contribution in [0.15, 0.2) is 30.5 Å². The fraction of sp³-hybridized carbons (Fsp3) is 0.231. The Morgan fingerprint density at radius 3 is 2.68 bits per heavy atom. The van der Waals surface area contributed by atoms with Gasteiger partial charge in [0.05, 0.1) is 11.2 Å². The van der Waals surface area contributed by atoms with Crippen LogP contribution in [0.2, 0.25) is 5.02 Å². The molecule has 0 aliphatic heterocycles. The second-order valence-corrected chi connectivity index (χ2v) is 4.50. The van der Waals surface area contributed by atoms with Crippen molar-refractivity contribution < 1.29 is 9.18 Å². The monoisotopic (exact) mass is 281 g/mol. The molecule has 4 nitrogen and oxygen atoms in total. The second kappa shape index (κ2) is 5.84. The maximum Gasteiger partial charge on any atom is 0.271 e. The lowest BCUT2D eigenvalue weighted by Gasteiger charge is -2.06. The molecule has 0 spiro atoms. The molecular weight excluding hydrogens is 269 g/mol. The van der Waals surface area contributed by atoms with E-state index in [0.717, 1.165) is 5.56 Å². The smallest absolute Gasteiger partial charge is 0.271 e. The Hall–Kier alpha value is -1.88. The van der Waals surface area contributed by atoms with Crippen LogP contribution in [0, 0.1) is 5.82 Å². The van der Waals surface area contributed by atoms with Crippen molar-refractivity contribution in [3.8, 4) is 0 Å². The molecule has 100 valence electrons. The maximum absolute atomic E-state index is 12.7. The van der Waals surface area contributed by atoms with Crippen LogP contribution in [0.25, 0.3) is 0 Å². The van der Waals surface area contributed by atoms with E-state index in [1.165, 1.54) is 23.0 Å². The number of amides is 1. The van der Waals surface area contributed by atoms with E-state index in [-0.39, 0.29) is 11.7 Å². The molecule has 0 saturated heterocycles. The summed E-state index contributed by atoms with van der Waals surface area (Å²) in [6.07, 6.45) is 2.05. The summed E-state index contributed by atoms with van der Waals surface area (Å²) < 4.78 is 14.1. The summed E-state index contributed by atoms with van der Waals surface area (Å²) in [5.74, 6) is -0.540. The number of carbonyl (C=O) groups excluding carboxylic acids is 1. The molecule has 0 atom stereocenters. The lowest BCUT2D eigenvalue weighted by Crippen LogP contribution is -2.27. The average molecular weight is 282 g/mol. The van der Waals surface area contributed by atoms with E-state index in [9.17, 15) is 9.18 Å². The van der Waals surface area contributed by atoms with Gasteiger partial charge in [0.25, 0.3) is 5.91 Å². The number of nitrogens with zero attached hydrogens (tertiary/aromatic N) is 2. The first-order chi connectivity index (χ1) is 9.08. The quantitative estimate of drug-likeness (QED) is 0.934. The Kier molecular flexibility index (Phi) is 4.16. The minimum atomic E-state index is -0.271. The van der Waals surface area contributed by atoms with Crippen LogP contribution in [0.3, 0.4) is 0 Å². The van der Waals surface area contributed by atoms with E-state index in [4.69, 9.17) is 11.6 Å². The normalized spacial score (nSPS) is 10.5. The molecule has 1 N–H and O–H groups in total. The predicted octanol–water partition coefficient (Wildman–Crippen LogP) is 2.19. The molecule has 2 rings (SSSR count). The van der Waals surface area contributed by atoms with E-state index in [1.807, 2.05) is 0 Å². The number of aryl methyl sites for hydroxylation is 1. The average Bonchev–Trinajstić information content (AvgIpc) is 2.71. The molecule has 0 radical (unpaired) electrons. The molecule has 1 aromatic carbocycles. The molecule has 1 amide bonds. The van der Waals surface area contributed by atoms with Gasteiger partial charge in [0, 0.05) is 13.6 Å². The van der Waals surface area contributed by atoms with Crippen LogP contribution in [-0.2, 0) is 13.5 Å². The van der Waals surface area contributed by atoms with Crippen molar-refractivity contribution in [3.63, 3.8) is 0 Å². The Morgan fingerprint density at radius 1 is 1.42 bits per heavy atom. The number of carbonyl (C=O) groups is 1. The molecule has 19 heavy (non-hydrogen) atoms. The molecule has 1 aromatic heterocycles. The van der Waals surface area contributed by atoms with E-state index < -0.39 is 0 Å². The lowest BCUT2D eigenvalue weighted by molar-refractivity contribution is 0.0945. The lowest BCUT2D eigenvalue weighted by atomic mass is 10.1. The zero-order valence-electron chi connectivity index (χ0n) is 10.4. The molecule has 0 aliphatic carbocycles. The van der Waals surface area contributed by atoms with Crippen LogP contribution in [0.5, 0.6) is 0 Å². The number of benzene rings is 1. The van der Waals surface area contributed by atoms with Gasteiger partial charge in [-0.05, 0) is 24.1 Å². The van der Waals surface area contributed by atoms with Gasteiger partial charge in [-0.3, -0.25) is 9.48 Å². The number of rotatable bonds is 4. The van der Waals surface area contributed by atoms with Crippen molar-refractivity contribution in [2.24, 2.45) is 7.05 Å². The topological polar surface area (TPSA) is 46.9 Å². The van der Waals surface area contributed by atoms with Gasteiger partial charge in [-0.15, -0.1) is 0 Å². The zero-order chi connectivity index (χ0) is 13.8. The Labute approximate surface area is 115 Å². The number of aromatic nitrogens is 2. The molecule has 0 saturated carbocycles. The van der Waals surface area contributed by atoms with Gasteiger partial charge in [-0.2, -0.15) is 5.10 Å². The standard InChI is InChI=1S/C13H13ClFN3O/c1-18-12(11(14)8-17-18)13(19)16-7-6-9-2-4-10(15)5-3-9/h2-5,8H,6-7H2,1H3,(H,16,19). The van der Waals surface area contributed by atoms with E-state index in [0.29, 0.717) is 23.7 Å². The summed E-state index contributed by atoms with van der Waals surface area (Å²) in [7, 11) is 1.65. The van der Waals surface area contributed by atoms with Crippen LogP contribution in [0.1, 0.15) is 16.1 Å². The molecule has 6 heteroatoms. The third-order valence-corrected chi connectivity index (χ3v) is 3.00. The number of nitrogens with one attached hydrogen (secondary N) is 1. The van der Waals surface area contributed by atoms with E-state index in [1.54, 1.807) is 19.2 Å². The minimum absolute atomic E-state index is 0.269. The fourth-order valence-corrected chi connectivity index (χ4v) is 1.97. The zero-order valence-corrected chi connectivity index (χ0v) is 11.1. The molecule has 0 aliphatic rings. The van der Waals surface area contributed by atoms with Crippen LogP contribution >= 0.6 is 11.6 Å². The SMILES string of the molecule is Cn1ncc(Cl)c1C(=O)NCCc1ccc(F)cc1. The second-order valence-electron chi connectivity index (χ2n) is 4.10. The molecule has 1 heterocycles. The highest BCUT2D eigenvalue weighted by molar-refractivity contribution is 6.33. The highest BCUT2D eigenvalue weighted by atomic mass is 35.5. The largest absolute Gasteiger partial charge is 0.350 e. The first-order valence-electron chi connectivity index (χ1n) is 5.78. The number of hydrogen-bond acceptors (Lipinski definition) is 2.